The van der Waals surface area contributed by atoms with Crippen LogP contribution in [-0.4, -0.2) is 51.2 Å². The maximum absolute atomic E-state index is 13.1. The van der Waals surface area contributed by atoms with E-state index in [0.29, 0.717) is 25.2 Å². The van der Waals surface area contributed by atoms with Crippen LogP contribution in [0, 0.1) is 0 Å². The standard InChI is InChI=1S/C19H20N6O/c1-23(2)18-10-14-12-24(9-8-16(14)21-22-18)19(26)17-11-20-13-25(17)15-6-4-3-5-7-15/h3-7,10-11,13H,8-9,12H2,1-2H3. The van der Waals surface area contributed by atoms with Gasteiger partial charge in [0.05, 0.1) is 18.2 Å². The number of aromatic nitrogens is 4. The molecule has 0 bridgehead atoms. The summed E-state index contributed by atoms with van der Waals surface area (Å²) >= 11 is 0. The highest BCUT2D eigenvalue weighted by Gasteiger charge is 2.26. The van der Waals surface area contributed by atoms with E-state index in [1.807, 2.05) is 64.9 Å². The van der Waals surface area contributed by atoms with Crippen molar-refractivity contribution in [2.45, 2.75) is 13.0 Å². The number of benzene rings is 1. The molecular formula is C19H20N6O. The van der Waals surface area contributed by atoms with E-state index in [2.05, 4.69) is 15.2 Å². The lowest BCUT2D eigenvalue weighted by atomic mass is 10.1. The van der Waals surface area contributed by atoms with Crippen molar-refractivity contribution in [1.29, 1.82) is 0 Å². The van der Waals surface area contributed by atoms with E-state index in [0.717, 1.165) is 22.8 Å². The SMILES string of the molecule is CN(C)c1cc2c(nn1)CCN(C(=O)c1cncn1-c1ccccc1)C2. The van der Waals surface area contributed by atoms with Gasteiger partial charge in [0.2, 0.25) is 0 Å². The first-order valence-electron chi connectivity index (χ1n) is 8.53. The minimum Gasteiger partial charge on any atom is -0.361 e. The van der Waals surface area contributed by atoms with Crippen LogP contribution in [0.1, 0.15) is 21.7 Å². The normalized spacial score (nSPS) is 13.4. The van der Waals surface area contributed by atoms with Crippen molar-refractivity contribution >= 4 is 11.7 Å². The zero-order valence-corrected chi connectivity index (χ0v) is 14.8. The third kappa shape index (κ3) is 2.92. The van der Waals surface area contributed by atoms with Gasteiger partial charge in [-0.3, -0.25) is 9.36 Å². The molecule has 3 heterocycles. The molecule has 0 radical (unpaired) electrons. The van der Waals surface area contributed by atoms with Gasteiger partial charge in [0.1, 0.15) is 5.69 Å². The molecule has 0 saturated carbocycles. The summed E-state index contributed by atoms with van der Waals surface area (Å²) in [6, 6.07) is 11.8. The number of nitrogens with zero attached hydrogens (tertiary/aromatic N) is 6. The van der Waals surface area contributed by atoms with Crippen molar-refractivity contribution in [3.8, 4) is 5.69 Å². The summed E-state index contributed by atoms with van der Waals surface area (Å²) in [5.74, 6) is 0.771. The van der Waals surface area contributed by atoms with Gasteiger partial charge < -0.3 is 9.80 Å². The van der Waals surface area contributed by atoms with Gasteiger partial charge in [0.25, 0.3) is 5.91 Å². The fourth-order valence-electron chi connectivity index (χ4n) is 3.12. The molecule has 0 spiro atoms. The van der Waals surface area contributed by atoms with Gasteiger partial charge in [-0.15, -0.1) is 5.10 Å². The Hall–Kier alpha value is -3.22. The lowest BCUT2D eigenvalue weighted by Crippen LogP contribution is -2.37. The van der Waals surface area contributed by atoms with Gasteiger partial charge >= 0.3 is 0 Å². The number of hydrogen-bond donors (Lipinski definition) is 0. The Balaban J connectivity index is 1.61. The number of anilines is 1. The highest BCUT2D eigenvalue weighted by atomic mass is 16.2. The summed E-state index contributed by atoms with van der Waals surface area (Å²) in [6.07, 6.45) is 4.01. The second-order valence-electron chi connectivity index (χ2n) is 6.53. The van der Waals surface area contributed by atoms with Crippen molar-refractivity contribution in [2.24, 2.45) is 0 Å². The van der Waals surface area contributed by atoms with Crippen molar-refractivity contribution < 1.29 is 4.79 Å². The average molecular weight is 348 g/mol. The molecule has 0 atom stereocenters. The van der Waals surface area contributed by atoms with Crippen LogP contribution in [0.3, 0.4) is 0 Å². The van der Waals surface area contributed by atoms with Gasteiger partial charge in [0.15, 0.2) is 5.82 Å². The first-order valence-corrected chi connectivity index (χ1v) is 8.53. The topological polar surface area (TPSA) is 67.2 Å². The van der Waals surface area contributed by atoms with Crippen molar-refractivity contribution in [2.75, 3.05) is 25.5 Å². The Labute approximate surface area is 151 Å². The van der Waals surface area contributed by atoms with Gasteiger partial charge in [-0.05, 0) is 23.8 Å². The molecule has 0 saturated heterocycles. The molecule has 3 aromatic rings. The Bertz CT molecular complexity index is 934. The maximum Gasteiger partial charge on any atom is 0.272 e. The Morgan fingerprint density at radius 1 is 1.15 bits per heavy atom. The molecule has 26 heavy (non-hydrogen) atoms. The fraction of sp³-hybridized carbons (Fsp3) is 0.263. The van der Waals surface area contributed by atoms with Crippen molar-refractivity contribution in [3.05, 3.63) is 65.9 Å². The number of carbonyl (C=O) groups excluding carboxylic acids is 1. The zero-order valence-electron chi connectivity index (χ0n) is 14.8. The summed E-state index contributed by atoms with van der Waals surface area (Å²) in [6.45, 7) is 1.16. The number of rotatable bonds is 3. The molecule has 1 amide bonds. The maximum atomic E-state index is 13.1. The third-order valence-electron chi connectivity index (χ3n) is 4.56. The van der Waals surface area contributed by atoms with E-state index < -0.39 is 0 Å². The molecule has 0 fully saturated rings. The predicted octanol–water partition coefficient (Wildman–Crippen LogP) is 1.93. The van der Waals surface area contributed by atoms with Crippen molar-refractivity contribution in [3.63, 3.8) is 0 Å². The second-order valence-corrected chi connectivity index (χ2v) is 6.53. The van der Waals surface area contributed by atoms with E-state index in [-0.39, 0.29) is 5.91 Å². The van der Waals surface area contributed by atoms with Gasteiger partial charge in [-0.1, -0.05) is 18.2 Å². The number of amides is 1. The predicted molar refractivity (Wildman–Crippen MR) is 98.4 cm³/mol. The molecule has 1 aromatic carbocycles. The summed E-state index contributed by atoms with van der Waals surface area (Å²) in [5.41, 5.74) is 3.51. The van der Waals surface area contributed by atoms with Crippen LogP contribution in [0.15, 0.2) is 48.9 Å². The molecule has 0 aliphatic carbocycles. The fourth-order valence-corrected chi connectivity index (χ4v) is 3.12. The largest absolute Gasteiger partial charge is 0.361 e. The smallest absolute Gasteiger partial charge is 0.272 e. The Kier molecular flexibility index (Phi) is 4.12. The summed E-state index contributed by atoms with van der Waals surface area (Å²) in [5, 5.41) is 8.54. The number of carbonyl (C=O) groups is 1. The number of fused-ring (bicyclic) bond motifs is 1. The molecule has 2 aromatic heterocycles. The molecular weight excluding hydrogens is 328 g/mol. The van der Waals surface area contributed by atoms with Crippen LogP contribution in [0.5, 0.6) is 0 Å². The van der Waals surface area contributed by atoms with Crippen molar-refractivity contribution in [1.82, 2.24) is 24.6 Å². The van der Waals surface area contributed by atoms with E-state index in [9.17, 15) is 4.79 Å². The van der Waals surface area contributed by atoms with Gasteiger partial charge in [-0.2, -0.15) is 5.10 Å². The van der Waals surface area contributed by atoms with Gasteiger partial charge in [-0.25, -0.2) is 4.98 Å². The number of hydrogen-bond acceptors (Lipinski definition) is 5. The Morgan fingerprint density at radius 2 is 1.96 bits per heavy atom. The summed E-state index contributed by atoms with van der Waals surface area (Å²) in [7, 11) is 3.86. The molecule has 4 rings (SSSR count). The average Bonchev–Trinajstić information content (AvgIpc) is 3.17. The first-order chi connectivity index (χ1) is 12.6. The third-order valence-corrected chi connectivity index (χ3v) is 4.56. The van der Waals surface area contributed by atoms with E-state index >= 15 is 0 Å². The molecule has 132 valence electrons. The molecule has 1 aliphatic rings. The summed E-state index contributed by atoms with van der Waals surface area (Å²) in [4.78, 5) is 21.0. The molecule has 7 nitrogen and oxygen atoms in total. The lowest BCUT2D eigenvalue weighted by Gasteiger charge is -2.28. The highest BCUT2D eigenvalue weighted by molar-refractivity contribution is 5.93. The monoisotopic (exact) mass is 348 g/mol. The second kappa shape index (κ2) is 6.59. The Morgan fingerprint density at radius 3 is 2.73 bits per heavy atom. The minimum atomic E-state index is -0.0276. The number of imidazole rings is 1. The van der Waals surface area contributed by atoms with Crippen LogP contribution in [0.4, 0.5) is 5.82 Å². The van der Waals surface area contributed by atoms with Crippen LogP contribution in [0.2, 0.25) is 0 Å². The summed E-state index contributed by atoms with van der Waals surface area (Å²) < 4.78 is 1.83. The molecule has 0 N–H and O–H groups in total. The van der Waals surface area contributed by atoms with E-state index in [1.54, 1.807) is 12.5 Å². The van der Waals surface area contributed by atoms with Crippen LogP contribution in [-0.2, 0) is 13.0 Å². The molecule has 7 heteroatoms. The quantitative estimate of drug-likeness (QED) is 0.723. The molecule has 1 aliphatic heterocycles. The van der Waals surface area contributed by atoms with Gasteiger partial charge in [0, 0.05) is 39.3 Å². The van der Waals surface area contributed by atoms with Crippen LogP contribution >= 0.6 is 0 Å². The minimum absolute atomic E-state index is 0.0276. The first kappa shape index (κ1) is 16.3. The van der Waals surface area contributed by atoms with E-state index in [1.165, 1.54) is 0 Å². The van der Waals surface area contributed by atoms with Crippen LogP contribution in [0.25, 0.3) is 5.69 Å². The van der Waals surface area contributed by atoms with E-state index in [4.69, 9.17) is 0 Å². The highest BCUT2D eigenvalue weighted by Crippen LogP contribution is 2.22. The number of para-hydroxylation sites is 1. The lowest BCUT2D eigenvalue weighted by molar-refractivity contribution is 0.0725. The zero-order chi connectivity index (χ0) is 18.1. The van der Waals surface area contributed by atoms with Crippen LogP contribution < -0.4 is 4.90 Å². The molecule has 0 unspecified atom stereocenters.